The van der Waals surface area contributed by atoms with Gasteiger partial charge in [-0.25, -0.2) is 0 Å². The Balaban J connectivity index is 2.05. The molecule has 1 rings (SSSR count). The van der Waals surface area contributed by atoms with Crippen molar-refractivity contribution in [1.82, 2.24) is 10.6 Å². The Morgan fingerprint density at radius 2 is 2.42 bits per heavy atom. The second kappa shape index (κ2) is 4.78. The van der Waals surface area contributed by atoms with E-state index in [1.165, 1.54) is 0 Å². The highest BCUT2D eigenvalue weighted by atomic mass is 16.1. The normalized spacial score (nSPS) is 15.8. The molecule has 2 N–H and O–H groups in total. The molecule has 3 heteroatoms. The summed E-state index contributed by atoms with van der Waals surface area (Å²) in [5.74, 6) is 6.17. The summed E-state index contributed by atoms with van der Waals surface area (Å²) >= 11 is 0. The van der Waals surface area contributed by atoms with Crippen LogP contribution in [0.4, 0.5) is 0 Å². The molecule has 1 aliphatic rings. The quantitative estimate of drug-likeness (QED) is 0.567. The molecular weight excluding hydrogens is 152 g/mol. The van der Waals surface area contributed by atoms with Gasteiger partial charge in [0, 0.05) is 6.42 Å². The molecule has 0 aromatic carbocycles. The number of hydrogen-bond acceptors (Lipinski definition) is 2. The summed E-state index contributed by atoms with van der Waals surface area (Å²) in [4.78, 5) is 11.1. The lowest BCUT2D eigenvalue weighted by molar-refractivity contribution is -0.122. The number of nitrogens with one attached hydrogen (secondary N) is 2. The van der Waals surface area contributed by atoms with Gasteiger partial charge in [-0.3, -0.25) is 4.79 Å². The Morgan fingerprint density at radius 3 is 2.92 bits per heavy atom. The molecule has 0 bridgehead atoms. The largest absolute Gasteiger partial charge is 0.345 e. The molecule has 1 amide bonds. The third-order valence-corrected chi connectivity index (χ3v) is 1.89. The molecule has 66 valence electrons. The Hall–Kier alpha value is -1.01. The van der Waals surface area contributed by atoms with E-state index in [9.17, 15) is 4.79 Å². The van der Waals surface area contributed by atoms with Crippen LogP contribution in [0.3, 0.4) is 0 Å². The molecule has 1 saturated heterocycles. The third-order valence-electron chi connectivity index (χ3n) is 1.89. The minimum Gasteiger partial charge on any atom is -0.345 e. The Morgan fingerprint density at radius 1 is 1.67 bits per heavy atom. The fourth-order valence-corrected chi connectivity index (χ4v) is 1.06. The topological polar surface area (TPSA) is 41.1 Å². The van der Waals surface area contributed by atoms with Crippen molar-refractivity contribution in [3.63, 3.8) is 0 Å². The molecule has 1 aliphatic heterocycles. The van der Waals surface area contributed by atoms with Gasteiger partial charge in [-0.2, -0.15) is 0 Å². The molecule has 0 unspecified atom stereocenters. The Kier molecular flexibility index (Phi) is 3.62. The van der Waals surface area contributed by atoms with Crippen LogP contribution >= 0.6 is 0 Å². The lowest BCUT2D eigenvalue weighted by Gasteiger charge is -2.26. The highest BCUT2D eigenvalue weighted by Gasteiger charge is 2.19. The summed E-state index contributed by atoms with van der Waals surface area (Å²) in [6.45, 7) is 4.21. The predicted octanol–water partition coefficient (Wildman–Crippen LogP) is -0.265. The number of carbonyl (C=O) groups excluding carboxylic acids is 1. The van der Waals surface area contributed by atoms with Crippen molar-refractivity contribution in [2.45, 2.75) is 13.3 Å². The van der Waals surface area contributed by atoms with Crippen molar-refractivity contribution in [3.8, 4) is 11.8 Å². The molecule has 1 heterocycles. The summed E-state index contributed by atoms with van der Waals surface area (Å²) in [6, 6.07) is 0. The first kappa shape index (κ1) is 9.08. The lowest BCUT2D eigenvalue weighted by Crippen LogP contribution is -2.44. The molecule has 1 fully saturated rings. The van der Waals surface area contributed by atoms with Crippen LogP contribution in [-0.2, 0) is 4.79 Å². The van der Waals surface area contributed by atoms with Crippen LogP contribution < -0.4 is 10.6 Å². The Labute approximate surface area is 72.9 Å². The van der Waals surface area contributed by atoms with Gasteiger partial charge in [0.15, 0.2) is 0 Å². The average Bonchev–Trinajstić information content (AvgIpc) is 1.98. The maximum atomic E-state index is 11.1. The van der Waals surface area contributed by atoms with Crippen molar-refractivity contribution >= 4 is 5.91 Å². The number of hydrogen-bond donors (Lipinski definition) is 2. The van der Waals surface area contributed by atoms with Gasteiger partial charge < -0.3 is 10.6 Å². The molecule has 0 spiro atoms. The molecule has 0 aromatic rings. The first-order chi connectivity index (χ1) is 5.83. The summed E-state index contributed by atoms with van der Waals surface area (Å²) in [7, 11) is 0. The second-order valence-corrected chi connectivity index (χ2v) is 2.93. The second-order valence-electron chi connectivity index (χ2n) is 2.93. The van der Waals surface area contributed by atoms with Crippen LogP contribution in [-0.4, -0.2) is 25.5 Å². The first-order valence-electron chi connectivity index (χ1n) is 4.20. The van der Waals surface area contributed by atoms with Crippen LogP contribution in [0, 0.1) is 17.8 Å². The number of carbonyl (C=O) groups is 1. The van der Waals surface area contributed by atoms with Gasteiger partial charge in [0.1, 0.15) is 0 Å². The van der Waals surface area contributed by atoms with E-state index in [1.54, 1.807) is 6.92 Å². The van der Waals surface area contributed by atoms with E-state index >= 15 is 0 Å². The van der Waals surface area contributed by atoms with Crippen LogP contribution in [0.5, 0.6) is 0 Å². The lowest BCUT2D eigenvalue weighted by atomic mass is 9.99. The molecular formula is C9H14N2O. The third kappa shape index (κ3) is 2.93. The average molecular weight is 166 g/mol. The van der Waals surface area contributed by atoms with E-state index in [1.807, 2.05) is 0 Å². The molecule has 0 saturated carbocycles. The fraction of sp³-hybridized carbons (Fsp3) is 0.667. The highest BCUT2D eigenvalue weighted by Crippen LogP contribution is 2.06. The van der Waals surface area contributed by atoms with Gasteiger partial charge >= 0.3 is 0 Å². The van der Waals surface area contributed by atoms with Gasteiger partial charge in [0.2, 0.25) is 5.91 Å². The summed E-state index contributed by atoms with van der Waals surface area (Å²) in [5, 5.41) is 5.87. The summed E-state index contributed by atoms with van der Waals surface area (Å²) < 4.78 is 0. The number of rotatable bonds is 3. The van der Waals surface area contributed by atoms with E-state index in [4.69, 9.17) is 0 Å². The molecule has 0 radical (unpaired) electrons. The molecule has 0 aliphatic carbocycles. The first-order valence-corrected chi connectivity index (χ1v) is 4.20. The standard InChI is InChI=1S/C9H14N2O/c1-2-3-4-11-9(12)5-8-6-10-7-8/h8,10H,4-7H2,1H3,(H,11,12). The zero-order valence-corrected chi connectivity index (χ0v) is 7.31. The van der Waals surface area contributed by atoms with Crippen LogP contribution in [0.2, 0.25) is 0 Å². The van der Waals surface area contributed by atoms with Gasteiger partial charge in [0.05, 0.1) is 6.54 Å². The maximum absolute atomic E-state index is 11.1. The molecule has 3 nitrogen and oxygen atoms in total. The van der Waals surface area contributed by atoms with Crippen molar-refractivity contribution in [3.05, 3.63) is 0 Å². The van der Waals surface area contributed by atoms with Crippen molar-refractivity contribution < 1.29 is 4.79 Å². The van der Waals surface area contributed by atoms with Crippen molar-refractivity contribution in [2.24, 2.45) is 5.92 Å². The van der Waals surface area contributed by atoms with E-state index in [-0.39, 0.29) is 5.91 Å². The van der Waals surface area contributed by atoms with Crippen molar-refractivity contribution in [1.29, 1.82) is 0 Å². The van der Waals surface area contributed by atoms with E-state index in [0.717, 1.165) is 13.1 Å². The predicted molar refractivity (Wildman–Crippen MR) is 47.4 cm³/mol. The highest BCUT2D eigenvalue weighted by molar-refractivity contribution is 5.76. The summed E-state index contributed by atoms with van der Waals surface area (Å²) in [5.41, 5.74) is 0. The minimum absolute atomic E-state index is 0.115. The maximum Gasteiger partial charge on any atom is 0.221 e. The Bertz CT molecular complexity index is 210. The van der Waals surface area contributed by atoms with Gasteiger partial charge in [-0.05, 0) is 25.9 Å². The van der Waals surface area contributed by atoms with Gasteiger partial charge in [0.25, 0.3) is 0 Å². The van der Waals surface area contributed by atoms with E-state index in [0.29, 0.717) is 18.9 Å². The van der Waals surface area contributed by atoms with Gasteiger partial charge in [-0.1, -0.05) is 5.92 Å². The molecule has 0 aromatic heterocycles. The zero-order valence-electron chi connectivity index (χ0n) is 7.31. The van der Waals surface area contributed by atoms with Crippen molar-refractivity contribution in [2.75, 3.05) is 19.6 Å². The summed E-state index contributed by atoms with van der Waals surface area (Å²) in [6.07, 6.45) is 0.637. The van der Waals surface area contributed by atoms with Crippen LogP contribution in [0.25, 0.3) is 0 Å². The fourth-order valence-electron chi connectivity index (χ4n) is 1.06. The number of amides is 1. The van der Waals surface area contributed by atoms with E-state index < -0.39 is 0 Å². The smallest absolute Gasteiger partial charge is 0.221 e. The van der Waals surface area contributed by atoms with Gasteiger partial charge in [-0.15, -0.1) is 5.92 Å². The SMILES string of the molecule is CC#CCNC(=O)CC1CNC1. The molecule has 0 atom stereocenters. The monoisotopic (exact) mass is 166 g/mol. The van der Waals surface area contributed by atoms with Crippen LogP contribution in [0.15, 0.2) is 0 Å². The van der Waals surface area contributed by atoms with Crippen LogP contribution in [0.1, 0.15) is 13.3 Å². The molecule has 12 heavy (non-hydrogen) atoms. The minimum atomic E-state index is 0.115. The van der Waals surface area contributed by atoms with E-state index in [2.05, 4.69) is 22.5 Å². The zero-order chi connectivity index (χ0) is 8.81.